The van der Waals surface area contributed by atoms with Crippen molar-refractivity contribution in [1.29, 1.82) is 0 Å². The molecule has 2 aromatic rings. The normalized spacial score (nSPS) is 19.2. The first-order valence-corrected chi connectivity index (χ1v) is 7.68. The zero-order valence-corrected chi connectivity index (χ0v) is 12.9. The van der Waals surface area contributed by atoms with Gasteiger partial charge in [0.25, 0.3) is 0 Å². The first-order valence-electron chi connectivity index (χ1n) is 7.68. The molecule has 1 fully saturated rings. The van der Waals surface area contributed by atoms with Gasteiger partial charge in [-0.2, -0.15) is 0 Å². The van der Waals surface area contributed by atoms with Crippen LogP contribution in [0.15, 0.2) is 27.8 Å². The Balaban J connectivity index is 2.08. The molecule has 1 saturated heterocycles. The molecule has 1 atom stereocenters. The summed E-state index contributed by atoms with van der Waals surface area (Å²) in [6.07, 6.45) is 3.38. The lowest BCUT2D eigenvalue weighted by atomic mass is 9.92. The molecule has 0 N–H and O–H groups in total. The second kappa shape index (κ2) is 5.14. The van der Waals surface area contributed by atoms with E-state index in [0.29, 0.717) is 17.3 Å². The number of hydrogen-bond donors (Lipinski definition) is 0. The number of anilines is 1. The number of rotatable bonds is 2. The van der Waals surface area contributed by atoms with Crippen LogP contribution in [-0.4, -0.2) is 12.6 Å². The monoisotopic (exact) mass is 283 g/mol. The van der Waals surface area contributed by atoms with Crippen molar-refractivity contribution in [3.63, 3.8) is 0 Å². The molecule has 2 aromatic carbocycles. The van der Waals surface area contributed by atoms with Crippen LogP contribution in [0.3, 0.4) is 0 Å². The van der Waals surface area contributed by atoms with Crippen LogP contribution in [-0.2, 0) is 0 Å². The molecule has 110 valence electrons. The molecule has 3 heteroatoms. The maximum absolute atomic E-state index is 12.1. The number of benzene rings is 1. The quantitative estimate of drug-likeness (QED) is 0.795. The predicted octanol–water partition coefficient (Wildman–Crippen LogP) is 2.95. The molecule has 0 radical (unpaired) electrons. The zero-order chi connectivity index (χ0) is 15.1. The van der Waals surface area contributed by atoms with Crippen molar-refractivity contribution in [3.05, 3.63) is 49.8 Å². The Kier molecular flexibility index (Phi) is 3.44. The Morgan fingerprint density at radius 1 is 1.05 bits per heavy atom. The highest BCUT2D eigenvalue weighted by Crippen LogP contribution is 2.31. The third-order valence-electron chi connectivity index (χ3n) is 4.77. The standard InChI is InChI=1S/C18H21NO2/c1-11-7-8-14(10-12(11)2)15-16(18(21)17(15)20)19-9-5-4-6-13(19)3/h7-8,10,13H,4-6,9H2,1-3H3. The summed E-state index contributed by atoms with van der Waals surface area (Å²) in [4.78, 5) is 26.3. The van der Waals surface area contributed by atoms with E-state index < -0.39 is 0 Å². The van der Waals surface area contributed by atoms with Gasteiger partial charge < -0.3 is 4.90 Å². The highest BCUT2D eigenvalue weighted by atomic mass is 16.2. The number of nitrogens with zero attached hydrogens (tertiary/aromatic N) is 1. The second-order valence-corrected chi connectivity index (χ2v) is 6.22. The van der Waals surface area contributed by atoms with E-state index >= 15 is 0 Å². The van der Waals surface area contributed by atoms with Crippen LogP contribution in [0.1, 0.15) is 37.3 Å². The fourth-order valence-corrected chi connectivity index (χ4v) is 3.25. The number of aryl methyl sites for hydroxylation is 2. The fourth-order valence-electron chi connectivity index (χ4n) is 3.25. The summed E-state index contributed by atoms with van der Waals surface area (Å²) in [7, 11) is 0. The predicted molar refractivity (Wildman–Crippen MR) is 86.9 cm³/mol. The maximum atomic E-state index is 12.1. The van der Waals surface area contributed by atoms with E-state index in [0.717, 1.165) is 30.5 Å². The fraction of sp³-hybridized carbons (Fsp3) is 0.444. The Labute approximate surface area is 124 Å². The third-order valence-corrected chi connectivity index (χ3v) is 4.77. The van der Waals surface area contributed by atoms with Gasteiger partial charge in [0.2, 0.25) is 10.9 Å². The number of piperidine rings is 1. The van der Waals surface area contributed by atoms with E-state index in [4.69, 9.17) is 0 Å². The summed E-state index contributed by atoms with van der Waals surface area (Å²) in [6, 6.07) is 6.33. The Bertz CT molecular complexity index is 753. The van der Waals surface area contributed by atoms with Crippen molar-refractivity contribution < 1.29 is 0 Å². The van der Waals surface area contributed by atoms with E-state index in [1.165, 1.54) is 12.0 Å². The molecular formula is C18H21NO2. The summed E-state index contributed by atoms with van der Waals surface area (Å²) < 4.78 is 0. The van der Waals surface area contributed by atoms with E-state index in [-0.39, 0.29) is 10.9 Å². The first kappa shape index (κ1) is 14.1. The van der Waals surface area contributed by atoms with Gasteiger partial charge in [-0.1, -0.05) is 18.2 Å². The zero-order valence-electron chi connectivity index (χ0n) is 12.9. The Morgan fingerprint density at radius 2 is 1.81 bits per heavy atom. The van der Waals surface area contributed by atoms with Crippen molar-refractivity contribution in [2.24, 2.45) is 0 Å². The highest BCUT2D eigenvalue weighted by molar-refractivity contribution is 5.83. The maximum Gasteiger partial charge on any atom is 0.250 e. The Morgan fingerprint density at radius 3 is 2.48 bits per heavy atom. The molecule has 1 aliphatic heterocycles. The van der Waals surface area contributed by atoms with Gasteiger partial charge >= 0.3 is 0 Å². The third kappa shape index (κ3) is 2.21. The topological polar surface area (TPSA) is 37.4 Å². The molecule has 3 nitrogen and oxygen atoms in total. The first-order chi connectivity index (χ1) is 10.0. The van der Waals surface area contributed by atoms with Gasteiger partial charge in [-0.3, -0.25) is 9.59 Å². The van der Waals surface area contributed by atoms with Crippen LogP contribution in [0.4, 0.5) is 5.69 Å². The van der Waals surface area contributed by atoms with Crippen LogP contribution in [0.2, 0.25) is 0 Å². The summed E-state index contributed by atoms with van der Waals surface area (Å²) in [6.45, 7) is 7.10. The van der Waals surface area contributed by atoms with Crippen molar-refractivity contribution in [1.82, 2.24) is 0 Å². The van der Waals surface area contributed by atoms with Crippen LogP contribution >= 0.6 is 0 Å². The van der Waals surface area contributed by atoms with Crippen molar-refractivity contribution >= 4 is 5.69 Å². The lowest BCUT2D eigenvalue weighted by molar-refractivity contribution is 0.483. The second-order valence-electron chi connectivity index (χ2n) is 6.22. The van der Waals surface area contributed by atoms with E-state index in [2.05, 4.69) is 18.7 Å². The SMILES string of the molecule is Cc1ccc(-c2c(N3CCCCC3C)c(=O)c2=O)cc1C. The van der Waals surface area contributed by atoms with Crippen LogP contribution < -0.4 is 15.8 Å². The molecule has 0 amide bonds. The molecule has 0 aromatic heterocycles. The summed E-state index contributed by atoms with van der Waals surface area (Å²) in [5, 5.41) is 0. The van der Waals surface area contributed by atoms with Gasteiger partial charge in [-0.05, 0) is 56.7 Å². The van der Waals surface area contributed by atoms with Gasteiger partial charge in [0.05, 0.1) is 5.56 Å². The van der Waals surface area contributed by atoms with Crippen LogP contribution in [0.5, 0.6) is 0 Å². The van der Waals surface area contributed by atoms with E-state index in [9.17, 15) is 9.59 Å². The summed E-state index contributed by atoms with van der Waals surface area (Å²) >= 11 is 0. The van der Waals surface area contributed by atoms with Gasteiger partial charge in [0.1, 0.15) is 5.69 Å². The molecule has 1 aliphatic rings. The minimum absolute atomic E-state index is 0.308. The van der Waals surface area contributed by atoms with Crippen molar-refractivity contribution in [3.8, 4) is 11.1 Å². The number of hydrogen-bond acceptors (Lipinski definition) is 3. The molecule has 3 rings (SSSR count). The molecule has 0 saturated carbocycles. The van der Waals surface area contributed by atoms with E-state index in [1.807, 2.05) is 25.1 Å². The Hall–Kier alpha value is -1.90. The average molecular weight is 283 g/mol. The molecule has 0 spiro atoms. The lowest BCUT2D eigenvalue weighted by Gasteiger charge is -2.36. The van der Waals surface area contributed by atoms with Gasteiger partial charge in [-0.25, -0.2) is 0 Å². The average Bonchev–Trinajstić information content (AvgIpc) is 2.48. The summed E-state index contributed by atoms with van der Waals surface area (Å²) in [5.41, 5.74) is 3.87. The van der Waals surface area contributed by atoms with Gasteiger partial charge in [0.15, 0.2) is 0 Å². The van der Waals surface area contributed by atoms with Crippen LogP contribution in [0.25, 0.3) is 11.1 Å². The molecule has 0 aliphatic carbocycles. The summed E-state index contributed by atoms with van der Waals surface area (Å²) in [5.74, 6) is 0. The van der Waals surface area contributed by atoms with Crippen LogP contribution in [0, 0.1) is 13.8 Å². The lowest BCUT2D eigenvalue weighted by Crippen LogP contribution is -2.47. The van der Waals surface area contributed by atoms with Gasteiger partial charge in [-0.15, -0.1) is 0 Å². The molecular weight excluding hydrogens is 262 g/mol. The minimum atomic E-state index is -0.328. The molecule has 21 heavy (non-hydrogen) atoms. The smallest absolute Gasteiger partial charge is 0.250 e. The largest absolute Gasteiger partial charge is 0.365 e. The molecule has 1 unspecified atom stereocenters. The molecule has 0 bridgehead atoms. The van der Waals surface area contributed by atoms with E-state index in [1.54, 1.807) is 0 Å². The van der Waals surface area contributed by atoms with Crippen molar-refractivity contribution in [2.75, 3.05) is 11.4 Å². The molecule has 1 heterocycles. The highest BCUT2D eigenvalue weighted by Gasteiger charge is 2.30. The van der Waals surface area contributed by atoms with Crippen molar-refractivity contribution in [2.45, 2.75) is 46.1 Å². The minimum Gasteiger partial charge on any atom is -0.365 e. The van der Waals surface area contributed by atoms with Gasteiger partial charge in [0, 0.05) is 12.6 Å².